The predicted octanol–water partition coefficient (Wildman–Crippen LogP) is 5.44. The van der Waals surface area contributed by atoms with Crippen LogP contribution in [0.25, 0.3) is 11.4 Å². The summed E-state index contributed by atoms with van der Waals surface area (Å²) < 4.78 is 2.11. The first-order valence-corrected chi connectivity index (χ1v) is 9.87. The van der Waals surface area contributed by atoms with E-state index in [1.54, 1.807) is 28.6 Å². The Morgan fingerprint density at radius 1 is 1.29 bits per heavy atom. The third kappa shape index (κ3) is 4.29. The summed E-state index contributed by atoms with van der Waals surface area (Å²) in [6, 6.07) is 13.0. The van der Waals surface area contributed by atoms with Crippen molar-refractivity contribution in [3.05, 3.63) is 68.4 Å². The van der Waals surface area contributed by atoms with E-state index >= 15 is 0 Å². The molecule has 0 saturated heterocycles. The fourth-order valence-electron chi connectivity index (χ4n) is 2.98. The Labute approximate surface area is 178 Å². The van der Waals surface area contributed by atoms with Crippen molar-refractivity contribution in [1.82, 2.24) is 19.7 Å². The molecule has 0 radical (unpaired) electrons. The lowest BCUT2D eigenvalue weighted by Gasteiger charge is -2.26. The number of carbonyl (C=O) groups is 1. The average molecular weight is 435 g/mol. The lowest BCUT2D eigenvalue weighted by molar-refractivity contribution is -0.132. The molecule has 1 atom stereocenters. The van der Waals surface area contributed by atoms with E-state index in [4.69, 9.17) is 35.4 Å². The molecule has 1 amide bonds. The zero-order chi connectivity index (χ0) is 20.4. The maximum absolute atomic E-state index is 13.0. The fourth-order valence-corrected chi connectivity index (χ4v) is 3.74. The van der Waals surface area contributed by atoms with Gasteiger partial charge in [0.05, 0.1) is 6.04 Å². The first kappa shape index (κ1) is 20.6. The van der Waals surface area contributed by atoms with Gasteiger partial charge in [-0.3, -0.25) is 14.5 Å². The van der Waals surface area contributed by atoms with Gasteiger partial charge in [-0.05, 0) is 49.8 Å². The van der Waals surface area contributed by atoms with Gasteiger partial charge in [-0.1, -0.05) is 53.0 Å². The minimum absolute atomic E-state index is 0.0741. The number of H-pyrrole nitrogens is 1. The van der Waals surface area contributed by atoms with Gasteiger partial charge in [0, 0.05) is 22.7 Å². The zero-order valence-electron chi connectivity index (χ0n) is 15.7. The summed E-state index contributed by atoms with van der Waals surface area (Å²) in [6.07, 6.45) is 0. The summed E-state index contributed by atoms with van der Waals surface area (Å²) in [5.74, 6) is 0.526. The SMILES string of the molecule is Cc1cccc(-c2n[nH]c(=S)n2CC(=O)N(C)[C@H](C)c2ccc(Cl)cc2Cl)c1. The molecule has 8 heteroatoms. The second-order valence-corrected chi connectivity index (χ2v) is 7.88. The summed E-state index contributed by atoms with van der Waals surface area (Å²) >= 11 is 17.6. The van der Waals surface area contributed by atoms with Crippen molar-refractivity contribution in [2.24, 2.45) is 0 Å². The van der Waals surface area contributed by atoms with Crippen LogP contribution in [0.5, 0.6) is 0 Å². The Kier molecular flexibility index (Phi) is 6.23. The molecule has 5 nitrogen and oxygen atoms in total. The second-order valence-electron chi connectivity index (χ2n) is 6.65. The lowest BCUT2D eigenvalue weighted by atomic mass is 10.1. The minimum Gasteiger partial charge on any atom is -0.337 e. The van der Waals surface area contributed by atoms with E-state index < -0.39 is 0 Å². The van der Waals surface area contributed by atoms with Crippen LogP contribution in [0.4, 0.5) is 0 Å². The van der Waals surface area contributed by atoms with Crippen molar-refractivity contribution in [3.8, 4) is 11.4 Å². The van der Waals surface area contributed by atoms with Crippen LogP contribution in [0, 0.1) is 11.7 Å². The number of hydrogen-bond donors (Lipinski definition) is 1. The normalized spacial score (nSPS) is 12.0. The molecule has 146 valence electrons. The summed E-state index contributed by atoms with van der Waals surface area (Å²) in [6.45, 7) is 4.00. The lowest BCUT2D eigenvalue weighted by Crippen LogP contribution is -2.33. The molecule has 0 bridgehead atoms. The quantitative estimate of drug-likeness (QED) is 0.543. The topological polar surface area (TPSA) is 53.9 Å². The Morgan fingerprint density at radius 2 is 2.04 bits per heavy atom. The molecule has 0 saturated carbocycles. The van der Waals surface area contributed by atoms with Crippen LogP contribution in [-0.4, -0.2) is 32.6 Å². The predicted molar refractivity (Wildman–Crippen MR) is 115 cm³/mol. The molecule has 1 heterocycles. The number of rotatable bonds is 5. The van der Waals surface area contributed by atoms with Crippen LogP contribution in [0.2, 0.25) is 10.0 Å². The van der Waals surface area contributed by atoms with Crippen molar-refractivity contribution in [3.63, 3.8) is 0 Å². The van der Waals surface area contributed by atoms with Gasteiger partial charge in [0.15, 0.2) is 10.6 Å². The van der Waals surface area contributed by atoms with Gasteiger partial charge in [-0.2, -0.15) is 5.10 Å². The Hall–Kier alpha value is -2.15. The van der Waals surface area contributed by atoms with E-state index in [1.165, 1.54) is 0 Å². The van der Waals surface area contributed by atoms with Gasteiger partial charge < -0.3 is 4.90 Å². The standard InChI is InChI=1S/C20H20Cl2N4OS/c1-12-5-4-6-14(9-12)19-23-24-20(28)26(19)11-18(27)25(3)13(2)16-8-7-15(21)10-17(16)22/h4-10,13H,11H2,1-3H3,(H,24,28)/t13-/m1/s1. The minimum atomic E-state index is -0.222. The van der Waals surface area contributed by atoms with E-state index in [-0.39, 0.29) is 18.5 Å². The molecule has 1 N–H and O–H groups in total. The molecule has 0 fully saturated rings. The van der Waals surface area contributed by atoms with Gasteiger partial charge in [-0.15, -0.1) is 0 Å². The highest BCUT2D eigenvalue weighted by molar-refractivity contribution is 7.71. The number of carbonyl (C=O) groups excluding carboxylic acids is 1. The highest BCUT2D eigenvalue weighted by Crippen LogP contribution is 2.29. The van der Waals surface area contributed by atoms with Gasteiger partial charge in [-0.25, -0.2) is 0 Å². The molecule has 1 aromatic heterocycles. The summed E-state index contributed by atoms with van der Waals surface area (Å²) in [7, 11) is 1.74. The van der Waals surface area contributed by atoms with Crippen molar-refractivity contribution in [2.45, 2.75) is 26.4 Å². The Balaban J connectivity index is 1.85. The number of aryl methyl sites for hydroxylation is 1. The Morgan fingerprint density at radius 3 is 2.71 bits per heavy atom. The summed E-state index contributed by atoms with van der Waals surface area (Å²) in [4.78, 5) is 14.6. The molecular formula is C20H20Cl2N4OS. The largest absolute Gasteiger partial charge is 0.337 e. The maximum atomic E-state index is 13.0. The van der Waals surface area contributed by atoms with Crippen molar-refractivity contribution < 1.29 is 4.79 Å². The molecule has 2 aromatic carbocycles. The van der Waals surface area contributed by atoms with Crippen LogP contribution in [0.15, 0.2) is 42.5 Å². The highest BCUT2D eigenvalue weighted by atomic mass is 35.5. The number of nitrogens with one attached hydrogen (secondary N) is 1. The van der Waals surface area contributed by atoms with Gasteiger partial charge in [0.1, 0.15) is 6.54 Å². The fraction of sp³-hybridized carbons (Fsp3) is 0.250. The van der Waals surface area contributed by atoms with Crippen molar-refractivity contribution in [1.29, 1.82) is 0 Å². The third-order valence-corrected chi connectivity index (χ3v) is 5.59. The smallest absolute Gasteiger partial charge is 0.242 e. The van der Waals surface area contributed by atoms with E-state index in [1.807, 2.05) is 44.2 Å². The van der Waals surface area contributed by atoms with Crippen LogP contribution in [0.1, 0.15) is 24.1 Å². The maximum Gasteiger partial charge on any atom is 0.242 e. The molecule has 0 aliphatic heterocycles. The molecular weight excluding hydrogens is 415 g/mol. The first-order chi connectivity index (χ1) is 13.3. The Bertz CT molecular complexity index is 1080. The van der Waals surface area contributed by atoms with E-state index in [0.29, 0.717) is 20.6 Å². The third-order valence-electron chi connectivity index (χ3n) is 4.71. The molecule has 3 aromatic rings. The van der Waals surface area contributed by atoms with E-state index in [9.17, 15) is 4.79 Å². The van der Waals surface area contributed by atoms with E-state index in [0.717, 1.165) is 16.7 Å². The number of aromatic amines is 1. The number of benzene rings is 2. The first-order valence-electron chi connectivity index (χ1n) is 8.70. The number of amides is 1. The monoisotopic (exact) mass is 434 g/mol. The van der Waals surface area contributed by atoms with Gasteiger partial charge in [0.2, 0.25) is 5.91 Å². The van der Waals surface area contributed by atoms with Crippen LogP contribution >= 0.6 is 35.4 Å². The molecule has 0 unspecified atom stereocenters. The summed E-state index contributed by atoms with van der Waals surface area (Å²) in [5, 5.41) is 8.18. The molecule has 28 heavy (non-hydrogen) atoms. The second kappa shape index (κ2) is 8.47. The molecule has 0 spiro atoms. The van der Waals surface area contributed by atoms with Gasteiger partial charge in [0.25, 0.3) is 0 Å². The van der Waals surface area contributed by atoms with Crippen molar-refractivity contribution >= 4 is 41.3 Å². The molecule has 0 aliphatic rings. The van der Waals surface area contributed by atoms with Crippen LogP contribution in [0.3, 0.4) is 0 Å². The number of nitrogens with zero attached hydrogens (tertiary/aromatic N) is 3. The number of hydrogen-bond acceptors (Lipinski definition) is 3. The van der Waals surface area contributed by atoms with Crippen LogP contribution < -0.4 is 0 Å². The number of aromatic nitrogens is 3. The molecule has 3 rings (SSSR count). The van der Waals surface area contributed by atoms with Gasteiger partial charge >= 0.3 is 0 Å². The van der Waals surface area contributed by atoms with Crippen molar-refractivity contribution in [2.75, 3.05) is 7.05 Å². The average Bonchev–Trinajstić information content (AvgIpc) is 3.01. The number of halogens is 2. The zero-order valence-corrected chi connectivity index (χ0v) is 18.1. The summed E-state index contributed by atoms with van der Waals surface area (Å²) in [5.41, 5.74) is 2.83. The molecule has 0 aliphatic carbocycles. The van der Waals surface area contributed by atoms with Crippen LogP contribution in [-0.2, 0) is 11.3 Å². The van der Waals surface area contributed by atoms with E-state index in [2.05, 4.69) is 10.2 Å². The highest BCUT2D eigenvalue weighted by Gasteiger charge is 2.21. The number of likely N-dealkylation sites (N-methyl/N-ethyl adjacent to an activating group) is 1.